The second kappa shape index (κ2) is 5.19. The Labute approximate surface area is 99.6 Å². The first-order valence-corrected chi connectivity index (χ1v) is 7.47. The summed E-state index contributed by atoms with van der Waals surface area (Å²) >= 11 is 5.84. The Morgan fingerprint density at radius 2 is 1.93 bits per heavy atom. The van der Waals surface area contributed by atoms with Crippen LogP contribution in [0.15, 0.2) is 18.2 Å². The van der Waals surface area contributed by atoms with Gasteiger partial charge in [-0.2, -0.15) is 0 Å². The number of hydrogen-bond acceptors (Lipinski definition) is 2. The Bertz CT molecular complexity index is 441. The topological polar surface area (TPSA) is 34.1 Å². The van der Waals surface area contributed by atoms with E-state index < -0.39 is 9.05 Å². The minimum atomic E-state index is -3.43. The summed E-state index contributed by atoms with van der Waals surface area (Å²) in [5.41, 5.74) is 2.06. The van der Waals surface area contributed by atoms with Crippen LogP contribution >= 0.6 is 22.3 Å². The first-order chi connectivity index (χ1) is 6.92. The summed E-state index contributed by atoms with van der Waals surface area (Å²) in [6, 6.07) is 5.51. The summed E-state index contributed by atoms with van der Waals surface area (Å²) in [6.07, 6.45) is 1.27. The van der Waals surface area contributed by atoms with Gasteiger partial charge in [0.1, 0.15) is 0 Å². The molecule has 15 heavy (non-hydrogen) atoms. The largest absolute Gasteiger partial charge is 0.232 e. The van der Waals surface area contributed by atoms with Crippen molar-refractivity contribution in [3.05, 3.63) is 34.3 Å². The minimum Gasteiger partial charge on any atom is -0.212 e. The van der Waals surface area contributed by atoms with Gasteiger partial charge in [0, 0.05) is 15.7 Å². The van der Waals surface area contributed by atoms with Gasteiger partial charge in [0.05, 0.1) is 5.75 Å². The first kappa shape index (κ1) is 12.8. The van der Waals surface area contributed by atoms with E-state index in [0.29, 0.717) is 11.4 Å². The van der Waals surface area contributed by atoms with Crippen LogP contribution < -0.4 is 0 Å². The molecule has 0 saturated carbocycles. The quantitative estimate of drug-likeness (QED) is 0.786. The molecule has 0 saturated heterocycles. The molecule has 0 radical (unpaired) electrons. The van der Waals surface area contributed by atoms with Gasteiger partial charge in [0.25, 0.3) is 0 Å². The SMILES string of the molecule is CCc1ccc(Cl)cc1CCS(=O)(=O)Cl. The summed E-state index contributed by atoms with van der Waals surface area (Å²) in [6.45, 7) is 2.02. The van der Waals surface area contributed by atoms with Crippen LogP contribution in [0.3, 0.4) is 0 Å². The monoisotopic (exact) mass is 266 g/mol. The van der Waals surface area contributed by atoms with E-state index in [1.807, 2.05) is 13.0 Å². The summed E-state index contributed by atoms with van der Waals surface area (Å²) < 4.78 is 21.6. The lowest BCUT2D eigenvalue weighted by atomic mass is 10.0. The number of aryl methyl sites for hydroxylation is 2. The van der Waals surface area contributed by atoms with Crippen LogP contribution in [0.1, 0.15) is 18.1 Å². The highest BCUT2D eigenvalue weighted by molar-refractivity contribution is 8.13. The first-order valence-electron chi connectivity index (χ1n) is 4.62. The lowest BCUT2D eigenvalue weighted by Crippen LogP contribution is -2.03. The third-order valence-electron chi connectivity index (χ3n) is 2.16. The highest BCUT2D eigenvalue weighted by Crippen LogP contribution is 2.18. The van der Waals surface area contributed by atoms with E-state index in [-0.39, 0.29) is 5.75 Å². The van der Waals surface area contributed by atoms with Crippen LogP contribution in [0.4, 0.5) is 0 Å². The van der Waals surface area contributed by atoms with E-state index in [2.05, 4.69) is 0 Å². The predicted molar refractivity (Wildman–Crippen MR) is 64.2 cm³/mol. The Morgan fingerprint density at radius 3 is 2.47 bits per heavy atom. The average Bonchev–Trinajstić information content (AvgIpc) is 2.14. The Balaban J connectivity index is 2.88. The molecule has 0 aliphatic carbocycles. The highest BCUT2D eigenvalue weighted by atomic mass is 35.7. The zero-order valence-electron chi connectivity index (χ0n) is 8.33. The van der Waals surface area contributed by atoms with E-state index in [1.54, 1.807) is 12.1 Å². The fraction of sp³-hybridized carbons (Fsp3) is 0.400. The zero-order valence-corrected chi connectivity index (χ0v) is 10.7. The van der Waals surface area contributed by atoms with Gasteiger partial charge in [-0.25, -0.2) is 8.42 Å². The Hall–Kier alpha value is -0.250. The van der Waals surface area contributed by atoms with Gasteiger partial charge in [-0.1, -0.05) is 24.6 Å². The second-order valence-electron chi connectivity index (χ2n) is 3.26. The molecule has 5 heteroatoms. The Kier molecular flexibility index (Phi) is 4.44. The van der Waals surface area contributed by atoms with E-state index in [1.165, 1.54) is 0 Å². The molecule has 0 amide bonds. The third-order valence-corrected chi connectivity index (χ3v) is 3.55. The van der Waals surface area contributed by atoms with Crippen molar-refractivity contribution in [3.63, 3.8) is 0 Å². The van der Waals surface area contributed by atoms with Crippen LogP contribution in [-0.2, 0) is 21.9 Å². The lowest BCUT2D eigenvalue weighted by molar-refractivity contribution is 0.608. The molecule has 0 aliphatic heterocycles. The van der Waals surface area contributed by atoms with Crippen molar-refractivity contribution in [1.82, 2.24) is 0 Å². The molecule has 0 aromatic heterocycles. The van der Waals surface area contributed by atoms with E-state index in [4.69, 9.17) is 22.3 Å². The van der Waals surface area contributed by atoms with Gasteiger partial charge >= 0.3 is 0 Å². The van der Waals surface area contributed by atoms with Crippen molar-refractivity contribution in [3.8, 4) is 0 Å². The van der Waals surface area contributed by atoms with Crippen LogP contribution in [-0.4, -0.2) is 14.2 Å². The van der Waals surface area contributed by atoms with Crippen LogP contribution in [0.2, 0.25) is 5.02 Å². The van der Waals surface area contributed by atoms with Crippen molar-refractivity contribution in [2.75, 3.05) is 5.75 Å². The fourth-order valence-corrected chi connectivity index (χ4v) is 2.29. The fourth-order valence-electron chi connectivity index (χ4n) is 1.40. The van der Waals surface area contributed by atoms with E-state index >= 15 is 0 Å². The van der Waals surface area contributed by atoms with Crippen molar-refractivity contribution >= 4 is 31.3 Å². The van der Waals surface area contributed by atoms with Crippen molar-refractivity contribution < 1.29 is 8.42 Å². The lowest BCUT2D eigenvalue weighted by Gasteiger charge is -2.07. The van der Waals surface area contributed by atoms with Crippen LogP contribution in [0.25, 0.3) is 0 Å². The number of halogens is 2. The summed E-state index contributed by atoms with van der Waals surface area (Å²) in [4.78, 5) is 0. The summed E-state index contributed by atoms with van der Waals surface area (Å²) in [5, 5.41) is 0.620. The molecule has 1 rings (SSSR count). The highest BCUT2D eigenvalue weighted by Gasteiger charge is 2.08. The molecule has 0 unspecified atom stereocenters. The van der Waals surface area contributed by atoms with Gasteiger partial charge in [-0.3, -0.25) is 0 Å². The molecule has 0 bridgehead atoms. The molecule has 84 valence electrons. The van der Waals surface area contributed by atoms with Gasteiger partial charge in [0.2, 0.25) is 9.05 Å². The molecule has 0 fully saturated rings. The second-order valence-corrected chi connectivity index (χ2v) is 6.59. The molecule has 0 N–H and O–H groups in total. The predicted octanol–water partition coefficient (Wildman–Crippen LogP) is 3.01. The van der Waals surface area contributed by atoms with Gasteiger partial charge in [-0.05, 0) is 36.1 Å². The summed E-state index contributed by atoms with van der Waals surface area (Å²) in [5.74, 6) is -0.0537. The van der Waals surface area contributed by atoms with Gasteiger partial charge < -0.3 is 0 Å². The minimum absolute atomic E-state index is 0.0537. The molecule has 1 aromatic carbocycles. The van der Waals surface area contributed by atoms with Crippen molar-refractivity contribution in [2.45, 2.75) is 19.8 Å². The molecule has 0 aliphatic rings. The molecular formula is C10H12Cl2O2S. The standard InChI is InChI=1S/C10H12Cl2O2S/c1-2-8-3-4-10(11)7-9(8)5-6-15(12,13)14/h3-4,7H,2,5-6H2,1H3. The van der Waals surface area contributed by atoms with Crippen LogP contribution in [0, 0.1) is 0 Å². The number of rotatable bonds is 4. The molecular weight excluding hydrogens is 255 g/mol. The summed E-state index contributed by atoms with van der Waals surface area (Å²) in [7, 11) is 1.73. The van der Waals surface area contributed by atoms with Gasteiger partial charge in [-0.15, -0.1) is 0 Å². The smallest absolute Gasteiger partial charge is 0.212 e. The number of hydrogen-bond donors (Lipinski definition) is 0. The molecule has 1 aromatic rings. The van der Waals surface area contributed by atoms with Crippen molar-refractivity contribution in [1.29, 1.82) is 0 Å². The van der Waals surface area contributed by atoms with Crippen molar-refractivity contribution in [2.24, 2.45) is 0 Å². The molecule has 0 spiro atoms. The number of benzene rings is 1. The average molecular weight is 267 g/mol. The van der Waals surface area contributed by atoms with E-state index in [0.717, 1.165) is 17.5 Å². The maximum Gasteiger partial charge on any atom is 0.232 e. The normalized spacial score (nSPS) is 11.7. The van der Waals surface area contributed by atoms with E-state index in [9.17, 15) is 8.42 Å². The van der Waals surface area contributed by atoms with Gasteiger partial charge in [0.15, 0.2) is 0 Å². The third kappa shape index (κ3) is 4.41. The maximum atomic E-state index is 10.8. The van der Waals surface area contributed by atoms with Crippen LogP contribution in [0.5, 0.6) is 0 Å². The zero-order chi connectivity index (χ0) is 11.5. The molecule has 2 nitrogen and oxygen atoms in total. The maximum absolute atomic E-state index is 10.8. The molecule has 0 heterocycles. The molecule has 0 atom stereocenters. The Morgan fingerprint density at radius 1 is 1.27 bits per heavy atom.